The fourth-order valence-electron chi connectivity index (χ4n) is 1.42. The van der Waals surface area contributed by atoms with Gasteiger partial charge in [-0.1, -0.05) is 24.1 Å². The Hall–Kier alpha value is -1.75. The maximum atomic E-state index is 11.6. The summed E-state index contributed by atoms with van der Waals surface area (Å²) < 4.78 is 0. The van der Waals surface area contributed by atoms with Gasteiger partial charge in [0.25, 0.3) is 5.91 Å². The van der Waals surface area contributed by atoms with Crippen LogP contribution < -0.4 is 0 Å². The van der Waals surface area contributed by atoms with Gasteiger partial charge < -0.3 is 4.90 Å². The lowest BCUT2D eigenvalue weighted by Gasteiger charge is -2.14. The van der Waals surface area contributed by atoms with Crippen LogP contribution >= 0.6 is 0 Å². The summed E-state index contributed by atoms with van der Waals surface area (Å²) in [6, 6.07) is 7.81. The molecule has 1 aromatic rings. The van der Waals surface area contributed by atoms with Crippen LogP contribution in [0.2, 0.25) is 0 Å². The van der Waals surface area contributed by atoms with Gasteiger partial charge in [-0.05, 0) is 32.4 Å². The van der Waals surface area contributed by atoms with E-state index in [9.17, 15) is 4.79 Å². The molecular formula is C14H17NO. The summed E-state index contributed by atoms with van der Waals surface area (Å²) in [5.74, 6) is 5.50. The minimum Gasteiger partial charge on any atom is -0.332 e. The van der Waals surface area contributed by atoms with Gasteiger partial charge in [0.2, 0.25) is 0 Å². The Bertz CT molecular complexity index is 422. The molecule has 1 aromatic carbocycles. The molecule has 0 bridgehead atoms. The Kier molecular flexibility index (Phi) is 4.60. The topological polar surface area (TPSA) is 20.3 Å². The van der Waals surface area contributed by atoms with E-state index >= 15 is 0 Å². The van der Waals surface area contributed by atoms with Crippen molar-refractivity contribution in [3.05, 3.63) is 35.4 Å². The molecule has 0 aliphatic rings. The third-order valence-electron chi connectivity index (χ3n) is 2.50. The molecule has 0 saturated heterocycles. The maximum Gasteiger partial charge on any atom is 0.298 e. The lowest BCUT2D eigenvalue weighted by molar-refractivity contribution is -0.124. The molecule has 2 nitrogen and oxygen atoms in total. The molecular weight excluding hydrogens is 198 g/mol. The van der Waals surface area contributed by atoms with Gasteiger partial charge in [0, 0.05) is 24.6 Å². The first-order chi connectivity index (χ1) is 7.69. The lowest BCUT2D eigenvalue weighted by atomic mass is 10.1. The largest absolute Gasteiger partial charge is 0.332 e. The second-order valence-corrected chi connectivity index (χ2v) is 3.54. The van der Waals surface area contributed by atoms with Crippen molar-refractivity contribution in [1.29, 1.82) is 0 Å². The summed E-state index contributed by atoms with van der Waals surface area (Å²) >= 11 is 0. The van der Waals surface area contributed by atoms with E-state index in [2.05, 4.69) is 11.8 Å². The van der Waals surface area contributed by atoms with Crippen molar-refractivity contribution in [2.24, 2.45) is 0 Å². The first kappa shape index (κ1) is 12.3. The number of carbonyl (C=O) groups excluding carboxylic acids is 1. The Morgan fingerprint density at radius 1 is 1.25 bits per heavy atom. The van der Waals surface area contributed by atoms with E-state index in [0.717, 1.165) is 11.1 Å². The van der Waals surface area contributed by atoms with Crippen LogP contribution in [0.1, 0.15) is 25.0 Å². The van der Waals surface area contributed by atoms with Gasteiger partial charge in [-0.25, -0.2) is 0 Å². The van der Waals surface area contributed by atoms with Crippen molar-refractivity contribution in [1.82, 2.24) is 4.90 Å². The number of amides is 1. The van der Waals surface area contributed by atoms with Gasteiger partial charge in [-0.15, -0.1) is 0 Å². The van der Waals surface area contributed by atoms with Crippen LogP contribution in [-0.2, 0) is 4.79 Å². The molecule has 0 unspecified atom stereocenters. The second-order valence-electron chi connectivity index (χ2n) is 3.54. The van der Waals surface area contributed by atoms with E-state index in [-0.39, 0.29) is 5.91 Å². The number of carbonyl (C=O) groups is 1. The van der Waals surface area contributed by atoms with Crippen molar-refractivity contribution in [3.63, 3.8) is 0 Å². The van der Waals surface area contributed by atoms with Gasteiger partial charge in [0.05, 0.1) is 0 Å². The average Bonchev–Trinajstić information content (AvgIpc) is 2.29. The fraction of sp³-hybridized carbons (Fsp3) is 0.357. The summed E-state index contributed by atoms with van der Waals surface area (Å²) in [5.41, 5.74) is 2.02. The first-order valence-electron chi connectivity index (χ1n) is 5.55. The fourth-order valence-corrected chi connectivity index (χ4v) is 1.42. The highest BCUT2D eigenvalue weighted by Crippen LogP contribution is 2.04. The smallest absolute Gasteiger partial charge is 0.298 e. The maximum absolute atomic E-state index is 11.6. The van der Waals surface area contributed by atoms with E-state index in [1.165, 1.54) is 0 Å². The molecule has 0 aliphatic heterocycles. The zero-order valence-electron chi connectivity index (χ0n) is 10.1. The van der Waals surface area contributed by atoms with Crippen molar-refractivity contribution in [2.75, 3.05) is 13.1 Å². The van der Waals surface area contributed by atoms with Crippen LogP contribution in [0.15, 0.2) is 24.3 Å². The number of aryl methyl sites for hydroxylation is 1. The second kappa shape index (κ2) is 5.97. The van der Waals surface area contributed by atoms with Crippen LogP contribution in [0.3, 0.4) is 0 Å². The summed E-state index contributed by atoms with van der Waals surface area (Å²) in [6.07, 6.45) is 0. The van der Waals surface area contributed by atoms with E-state index in [0.29, 0.717) is 13.1 Å². The van der Waals surface area contributed by atoms with Crippen molar-refractivity contribution < 1.29 is 4.79 Å². The van der Waals surface area contributed by atoms with Gasteiger partial charge in [0.15, 0.2) is 0 Å². The quantitative estimate of drug-likeness (QED) is 0.693. The zero-order valence-corrected chi connectivity index (χ0v) is 10.1. The highest BCUT2D eigenvalue weighted by Gasteiger charge is 2.04. The normalized spacial score (nSPS) is 9.19. The Balaban J connectivity index is 2.82. The number of nitrogens with zero attached hydrogens (tertiary/aromatic N) is 1. The minimum absolute atomic E-state index is 0.103. The highest BCUT2D eigenvalue weighted by molar-refractivity contribution is 5.94. The van der Waals surface area contributed by atoms with Crippen LogP contribution in [0.25, 0.3) is 0 Å². The van der Waals surface area contributed by atoms with Crippen LogP contribution in [0.4, 0.5) is 0 Å². The molecule has 0 spiro atoms. The average molecular weight is 215 g/mol. The van der Waals surface area contributed by atoms with Gasteiger partial charge >= 0.3 is 0 Å². The van der Waals surface area contributed by atoms with E-state index in [1.807, 2.05) is 45.0 Å². The predicted molar refractivity (Wildman–Crippen MR) is 66.0 cm³/mol. The molecule has 0 saturated carbocycles. The Labute approximate surface area is 97.3 Å². The molecule has 1 rings (SSSR count). The zero-order chi connectivity index (χ0) is 12.0. The number of rotatable bonds is 2. The summed E-state index contributed by atoms with van der Waals surface area (Å²) in [7, 11) is 0. The van der Waals surface area contributed by atoms with E-state index < -0.39 is 0 Å². The first-order valence-corrected chi connectivity index (χ1v) is 5.55. The SMILES string of the molecule is CCN(CC)C(=O)C#Cc1ccccc1C. The molecule has 0 heterocycles. The molecule has 16 heavy (non-hydrogen) atoms. The summed E-state index contributed by atoms with van der Waals surface area (Å²) in [5, 5.41) is 0. The predicted octanol–water partition coefficient (Wildman–Crippen LogP) is 2.21. The number of hydrogen-bond donors (Lipinski definition) is 0. The number of hydrogen-bond acceptors (Lipinski definition) is 1. The van der Waals surface area contributed by atoms with Crippen LogP contribution in [-0.4, -0.2) is 23.9 Å². The summed E-state index contributed by atoms with van der Waals surface area (Å²) in [6.45, 7) is 7.31. The molecule has 0 aliphatic carbocycles. The summed E-state index contributed by atoms with van der Waals surface area (Å²) in [4.78, 5) is 13.4. The lowest BCUT2D eigenvalue weighted by Crippen LogP contribution is -2.29. The molecule has 0 aromatic heterocycles. The van der Waals surface area contributed by atoms with E-state index in [1.54, 1.807) is 4.90 Å². The molecule has 0 radical (unpaired) electrons. The minimum atomic E-state index is -0.103. The highest BCUT2D eigenvalue weighted by atomic mass is 16.2. The van der Waals surface area contributed by atoms with E-state index in [4.69, 9.17) is 0 Å². The monoisotopic (exact) mass is 215 g/mol. The van der Waals surface area contributed by atoms with Crippen molar-refractivity contribution in [3.8, 4) is 11.8 Å². The van der Waals surface area contributed by atoms with Crippen molar-refractivity contribution in [2.45, 2.75) is 20.8 Å². The van der Waals surface area contributed by atoms with Crippen LogP contribution in [0.5, 0.6) is 0 Å². The number of benzene rings is 1. The Morgan fingerprint density at radius 2 is 1.88 bits per heavy atom. The van der Waals surface area contributed by atoms with Gasteiger partial charge in [-0.2, -0.15) is 0 Å². The molecule has 2 heteroatoms. The Morgan fingerprint density at radius 3 is 2.44 bits per heavy atom. The van der Waals surface area contributed by atoms with Crippen molar-refractivity contribution >= 4 is 5.91 Å². The molecule has 0 N–H and O–H groups in total. The molecule has 1 amide bonds. The van der Waals surface area contributed by atoms with Gasteiger partial charge in [-0.3, -0.25) is 4.79 Å². The molecule has 84 valence electrons. The molecule has 0 atom stereocenters. The third-order valence-corrected chi connectivity index (χ3v) is 2.50. The van der Waals surface area contributed by atoms with Crippen LogP contribution in [0, 0.1) is 18.8 Å². The standard InChI is InChI=1S/C14H17NO/c1-4-15(5-2)14(16)11-10-13-9-7-6-8-12(13)3/h6-9H,4-5H2,1-3H3. The van der Waals surface area contributed by atoms with Gasteiger partial charge in [0.1, 0.15) is 0 Å². The third kappa shape index (κ3) is 3.13. The molecule has 0 fully saturated rings.